The molecule has 20 heavy (non-hydrogen) atoms. The van der Waals surface area contributed by atoms with Crippen molar-refractivity contribution in [3.63, 3.8) is 0 Å². The zero-order chi connectivity index (χ0) is 14.7. The average molecular weight is 298 g/mol. The van der Waals surface area contributed by atoms with Gasteiger partial charge in [-0.25, -0.2) is 9.80 Å². The highest BCUT2D eigenvalue weighted by atomic mass is 35.5. The number of nitrogens with zero attached hydrogens (tertiary/aromatic N) is 2. The number of nitrogens with one attached hydrogen (secondary N) is 1. The van der Waals surface area contributed by atoms with Crippen LogP contribution < -0.4 is 14.8 Å². The first-order valence-electron chi connectivity index (χ1n) is 5.62. The second-order valence-corrected chi connectivity index (χ2v) is 4.30. The summed E-state index contributed by atoms with van der Waals surface area (Å²) in [6, 6.07) is 2.71. The molecule has 1 aromatic rings. The van der Waals surface area contributed by atoms with Crippen LogP contribution in [0.25, 0.3) is 0 Å². The lowest BCUT2D eigenvalue weighted by Crippen LogP contribution is -2.24. The number of ether oxygens (including phenoxy) is 2. The van der Waals surface area contributed by atoms with Crippen molar-refractivity contribution in [2.75, 3.05) is 20.8 Å². The van der Waals surface area contributed by atoms with Crippen LogP contribution in [0.2, 0.25) is 5.02 Å². The number of carbonyl (C=O) groups excluding carboxylic acids is 2. The number of benzene rings is 1. The number of rotatable bonds is 4. The van der Waals surface area contributed by atoms with Gasteiger partial charge < -0.3 is 9.47 Å². The molecule has 7 nitrogen and oxygen atoms in total. The fraction of sp³-hybridized carbons (Fsp3) is 0.250. The minimum atomic E-state index is -0.558. The molecular formula is C12H12ClN3O4. The number of hydrazone groups is 1. The second kappa shape index (κ2) is 5.79. The van der Waals surface area contributed by atoms with Crippen LogP contribution in [-0.2, 0) is 4.79 Å². The Balaban J connectivity index is 2.23. The number of halogens is 1. The lowest BCUT2D eigenvalue weighted by molar-refractivity contribution is -0.118. The van der Waals surface area contributed by atoms with E-state index < -0.39 is 11.9 Å². The highest BCUT2D eigenvalue weighted by molar-refractivity contribution is 6.32. The molecule has 0 atom stereocenters. The van der Waals surface area contributed by atoms with E-state index in [-0.39, 0.29) is 6.54 Å². The highest BCUT2D eigenvalue weighted by Crippen LogP contribution is 2.35. The van der Waals surface area contributed by atoms with Crippen molar-refractivity contribution in [3.05, 3.63) is 22.7 Å². The molecular weight excluding hydrogens is 286 g/mol. The minimum Gasteiger partial charge on any atom is -0.493 e. The van der Waals surface area contributed by atoms with E-state index in [1.807, 2.05) is 0 Å². The fourth-order valence-corrected chi connectivity index (χ4v) is 1.97. The maximum atomic E-state index is 11.3. The number of hydrogen-bond acceptors (Lipinski definition) is 5. The quantitative estimate of drug-likeness (QED) is 0.670. The van der Waals surface area contributed by atoms with Gasteiger partial charge in [-0.3, -0.25) is 10.1 Å². The molecule has 106 valence electrons. The van der Waals surface area contributed by atoms with Crippen LogP contribution in [-0.4, -0.2) is 43.9 Å². The van der Waals surface area contributed by atoms with Gasteiger partial charge >= 0.3 is 6.03 Å². The third-order valence-electron chi connectivity index (χ3n) is 2.58. The van der Waals surface area contributed by atoms with Gasteiger partial charge in [-0.05, 0) is 17.7 Å². The number of hydrogen-bond donors (Lipinski definition) is 1. The van der Waals surface area contributed by atoms with E-state index in [4.69, 9.17) is 21.1 Å². The number of imide groups is 1. The largest absolute Gasteiger partial charge is 0.493 e. The molecule has 2 rings (SSSR count). The molecule has 0 bridgehead atoms. The van der Waals surface area contributed by atoms with Crippen molar-refractivity contribution < 1.29 is 19.1 Å². The molecule has 0 aliphatic carbocycles. The molecule has 0 unspecified atom stereocenters. The van der Waals surface area contributed by atoms with Crippen molar-refractivity contribution in [2.45, 2.75) is 0 Å². The lowest BCUT2D eigenvalue weighted by Gasteiger charge is -2.10. The lowest BCUT2D eigenvalue weighted by atomic mass is 10.2. The molecule has 0 radical (unpaired) electrons. The van der Waals surface area contributed by atoms with Crippen LogP contribution in [0, 0.1) is 0 Å². The molecule has 1 fully saturated rings. The summed E-state index contributed by atoms with van der Waals surface area (Å²) in [5.74, 6) is 0.473. The van der Waals surface area contributed by atoms with Crippen molar-refractivity contribution in [1.82, 2.24) is 10.3 Å². The van der Waals surface area contributed by atoms with Gasteiger partial charge in [0.15, 0.2) is 11.5 Å². The van der Waals surface area contributed by atoms with Crippen molar-refractivity contribution in [1.29, 1.82) is 0 Å². The van der Waals surface area contributed by atoms with E-state index in [0.717, 1.165) is 5.01 Å². The first-order valence-corrected chi connectivity index (χ1v) is 5.99. The smallest absolute Gasteiger partial charge is 0.344 e. The van der Waals surface area contributed by atoms with E-state index >= 15 is 0 Å². The molecule has 1 saturated heterocycles. The Kier molecular flexibility index (Phi) is 4.09. The zero-order valence-corrected chi connectivity index (χ0v) is 11.6. The molecule has 8 heteroatoms. The Morgan fingerprint density at radius 1 is 1.35 bits per heavy atom. The van der Waals surface area contributed by atoms with E-state index in [1.165, 1.54) is 20.4 Å². The fourth-order valence-electron chi connectivity index (χ4n) is 1.67. The van der Waals surface area contributed by atoms with Crippen molar-refractivity contribution in [2.24, 2.45) is 5.10 Å². The second-order valence-electron chi connectivity index (χ2n) is 3.89. The van der Waals surface area contributed by atoms with Gasteiger partial charge in [0.25, 0.3) is 0 Å². The summed E-state index contributed by atoms with van der Waals surface area (Å²) in [5, 5.41) is 7.41. The van der Waals surface area contributed by atoms with Crippen LogP contribution in [0.4, 0.5) is 4.79 Å². The van der Waals surface area contributed by atoms with Gasteiger partial charge in [-0.2, -0.15) is 5.10 Å². The molecule has 3 amide bonds. The third-order valence-corrected chi connectivity index (χ3v) is 2.86. The van der Waals surface area contributed by atoms with Crippen LogP contribution in [0.3, 0.4) is 0 Å². The van der Waals surface area contributed by atoms with Crippen LogP contribution in [0.5, 0.6) is 11.5 Å². The molecule has 1 aliphatic rings. The summed E-state index contributed by atoms with van der Waals surface area (Å²) in [4.78, 5) is 22.3. The highest BCUT2D eigenvalue weighted by Gasteiger charge is 2.25. The maximum absolute atomic E-state index is 11.3. The number of amides is 3. The zero-order valence-electron chi connectivity index (χ0n) is 10.8. The summed E-state index contributed by atoms with van der Waals surface area (Å²) >= 11 is 6.05. The molecule has 0 saturated carbocycles. The summed E-state index contributed by atoms with van der Waals surface area (Å²) in [7, 11) is 2.97. The van der Waals surface area contributed by atoms with Crippen LogP contribution in [0.1, 0.15) is 5.56 Å². The summed E-state index contributed by atoms with van der Waals surface area (Å²) < 4.78 is 10.3. The Morgan fingerprint density at radius 3 is 2.65 bits per heavy atom. The van der Waals surface area contributed by atoms with E-state index in [0.29, 0.717) is 22.1 Å². The first-order chi connectivity index (χ1) is 9.55. The van der Waals surface area contributed by atoms with Gasteiger partial charge in [0, 0.05) is 0 Å². The number of carbonyl (C=O) groups is 2. The minimum absolute atomic E-state index is 0.101. The van der Waals surface area contributed by atoms with E-state index in [1.54, 1.807) is 12.1 Å². The van der Waals surface area contributed by atoms with Gasteiger partial charge in [0.1, 0.15) is 6.54 Å². The van der Waals surface area contributed by atoms with Crippen molar-refractivity contribution in [3.8, 4) is 11.5 Å². The van der Waals surface area contributed by atoms with Gasteiger partial charge in [-0.1, -0.05) is 11.6 Å². The normalized spacial score (nSPS) is 14.8. The third kappa shape index (κ3) is 2.83. The van der Waals surface area contributed by atoms with Gasteiger partial charge in [0.05, 0.1) is 25.5 Å². The SMILES string of the molecule is COc1cc(/C=N/N2CC(=O)NC2=O)cc(Cl)c1OC. The molecule has 0 aromatic heterocycles. The first kappa shape index (κ1) is 14.1. The molecule has 1 aliphatic heterocycles. The van der Waals surface area contributed by atoms with Crippen LogP contribution >= 0.6 is 11.6 Å². The Morgan fingerprint density at radius 2 is 2.10 bits per heavy atom. The van der Waals surface area contributed by atoms with Crippen molar-refractivity contribution >= 4 is 29.8 Å². The maximum Gasteiger partial charge on any atom is 0.344 e. The molecule has 1 N–H and O–H groups in total. The summed E-state index contributed by atoms with van der Waals surface area (Å²) in [6.45, 7) is -0.101. The molecule has 1 aromatic carbocycles. The standard InChI is InChI=1S/C12H12ClN3O4/c1-19-9-4-7(3-8(13)11(9)20-2)5-14-16-6-10(17)15-12(16)18/h3-5H,6H2,1-2H3,(H,15,17,18)/b14-5+. The van der Waals surface area contributed by atoms with Crippen LogP contribution in [0.15, 0.2) is 17.2 Å². The summed E-state index contributed by atoms with van der Waals surface area (Å²) in [6.07, 6.45) is 1.41. The van der Waals surface area contributed by atoms with E-state index in [9.17, 15) is 9.59 Å². The average Bonchev–Trinajstić information content (AvgIpc) is 2.74. The Labute approximate surface area is 120 Å². The predicted octanol–water partition coefficient (Wildman–Crippen LogP) is 1.24. The summed E-state index contributed by atoms with van der Waals surface area (Å²) in [5.41, 5.74) is 0.611. The predicted molar refractivity (Wildman–Crippen MR) is 72.4 cm³/mol. The Hall–Kier alpha value is -2.28. The van der Waals surface area contributed by atoms with Gasteiger partial charge in [0.2, 0.25) is 5.91 Å². The van der Waals surface area contributed by atoms with Gasteiger partial charge in [-0.15, -0.1) is 0 Å². The van der Waals surface area contributed by atoms with E-state index in [2.05, 4.69) is 10.4 Å². The topological polar surface area (TPSA) is 80.2 Å². The number of methoxy groups -OCH3 is 2. The molecule has 0 spiro atoms. The molecule has 1 heterocycles. The Bertz CT molecular complexity index is 588. The number of urea groups is 1. The monoisotopic (exact) mass is 297 g/mol.